The van der Waals surface area contributed by atoms with Gasteiger partial charge in [0.05, 0.1) is 14.2 Å². The lowest BCUT2D eigenvalue weighted by Gasteiger charge is -2.08. The van der Waals surface area contributed by atoms with Crippen molar-refractivity contribution in [3.05, 3.63) is 63.6 Å². The highest BCUT2D eigenvalue weighted by Gasteiger charge is 2.04. The zero-order valence-corrected chi connectivity index (χ0v) is 14.8. The molecule has 1 amide bonds. The Morgan fingerprint density at radius 1 is 1.08 bits per heavy atom. The summed E-state index contributed by atoms with van der Waals surface area (Å²) >= 11 is 11.9. The predicted octanol–water partition coefficient (Wildman–Crippen LogP) is 4.34. The van der Waals surface area contributed by atoms with Gasteiger partial charge in [-0.15, -0.1) is 0 Å². The van der Waals surface area contributed by atoms with Gasteiger partial charge >= 0.3 is 0 Å². The van der Waals surface area contributed by atoms with E-state index in [4.69, 9.17) is 32.7 Å². The number of amides is 1. The molecular formula is C18H17Cl2NO3. The highest BCUT2D eigenvalue weighted by molar-refractivity contribution is 6.35. The highest BCUT2D eigenvalue weighted by atomic mass is 35.5. The second-order valence-electron chi connectivity index (χ2n) is 4.90. The Morgan fingerprint density at radius 2 is 1.83 bits per heavy atom. The van der Waals surface area contributed by atoms with E-state index in [2.05, 4.69) is 5.32 Å². The van der Waals surface area contributed by atoms with Gasteiger partial charge in [-0.2, -0.15) is 0 Å². The van der Waals surface area contributed by atoms with Gasteiger partial charge < -0.3 is 14.8 Å². The standard InChI is InChI=1S/C18H17Cl2NO3/c1-23-16-7-3-12(9-17(16)24-2)4-8-18(22)21-11-13-5-6-14(19)10-15(13)20/h3-10H,11H2,1-2H3,(H,21,22)/b8-4+. The summed E-state index contributed by atoms with van der Waals surface area (Å²) in [6.45, 7) is 0.325. The topological polar surface area (TPSA) is 47.6 Å². The van der Waals surface area contributed by atoms with Crippen molar-refractivity contribution in [2.75, 3.05) is 14.2 Å². The van der Waals surface area contributed by atoms with E-state index in [-0.39, 0.29) is 5.91 Å². The van der Waals surface area contributed by atoms with Crippen molar-refractivity contribution < 1.29 is 14.3 Å². The van der Waals surface area contributed by atoms with E-state index in [9.17, 15) is 4.79 Å². The monoisotopic (exact) mass is 365 g/mol. The van der Waals surface area contributed by atoms with Crippen LogP contribution in [0.1, 0.15) is 11.1 Å². The average Bonchev–Trinajstić information content (AvgIpc) is 2.58. The summed E-state index contributed by atoms with van der Waals surface area (Å²) in [5.74, 6) is 1.01. The van der Waals surface area contributed by atoms with Gasteiger partial charge in [-0.25, -0.2) is 0 Å². The number of ether oxygens (including phenoxy) is 2. The lowest BCUT2D eigenvalue weighted by Crippen LogP contribution is -2.20. The van der Waals surface area contributed by atoms with Gasteiger partial charge in [-0.05, 0) is 41.5 Å². The molecule has 24 heavy (non-hydrogen) atoms. The summed E-state index contributed by atoms with van der Waals surface area (Å²) in [4.78, 5) is 11.9. The molecule has 0 heterocycles. The average molecular weight is 366 g/mol. The molecule has 0 radical (unpaired) electrons. The molecule has 2 aromatic carbocycles. The van der Waals surface area contributed by atoms with Crippen LogP contribution in [0.3, 0.4) is 0 Å². The zero-order chi connectivity index (χ0) is 17.5. The lowest BCUT2D eigenvalue weighted by atomic mass is 10.2. The van der Waals surface area contributed by atoms with E-state index in [1.54, 1.807) is 50.6 Å². The third-order valence-corrected chi connectivity index (χ3v) is 3.89. The second-order valence-corrected chi connectivity index (χ2v) is 5.74. The van der Waals surface area contributed by atoms with E-state index in [1.165, 1.54) is 6.08 Å². The quantitative estimate of drug-likeness (QED) is 0.774. The molecular weight excluding hydrogens is 349 g/mol. The maximum Gasteiger partial charge on any atom is 0.244 e. The molecule has 1 N–H and O–H groups in total. The fourth-order valence-corrected chi connectivity index (χ4v) is 2.51. The third kappa shape index (κ3) is 4.91. The minimum absolute atomic E-state index is 0.226. The number of rotatable bonds is 6. The fourth-order valence-electron chi connectivity index (χ4n) is 2.03. The van der Waals surface area contributed by atoms with Crippen molar-refractivity contribution >= 4 is 35.2 Å². The third-order valence-electron chi connectivity index (χ3n) is 3.30. The van der Waals surface area contributed by atoms with E-state index in [1.807, 2.05) is 6.07 Å². The van der Waals surface area contributed by atoms with Crippen molar-refractivity contribution in [1.82, 2.24) is 5.32 Å². The summed E-state index contributed by atoms with van der Waals surface area (Å²) in [6, 6.07) is 10.6. The number of carbonyl (C=O) groups excluding carboxylic acids is 1. The largest absolute Gasteiger partial charge is 0.493 e. The van der Waals surface area contributed by atoms with Crippen LogP contribution in [0.15, 0.2) is 42.5 Å². The number of nitrogens with one attached hydrogen (secondary N) is 1. The van der Waals surface area contributed by atoms with Gasteiger partial charge in [-0.1, -0.05) is 35.3 Å². The first-order chi connectivity index (χ1) is 11.5. The predicted molar refractivity (Wildman–Crippen MR) is 96.9 cm³/mol. The van der Waals surface area contributed by atoms with Crippen LogP contribution < -0.4 is 14.8 Å². The van der Waals surface area contributed by atoms with Crippen LogP contribution in [0.25, 0.3) is 6.08 Å². The van der Waals surface area contributed by atoms with Crippen LogP contribution in [0, 0.1) is 0 Å². The van der Waals surface area contributed by atoms with Crippen molar-refractivity contribution in [1.29, 1.82) is 0 Å². The Balaban J connectivity index is 1.97. The molecule has 0 fully saturated rings. The number of carbonyl (C=O) groups is 1. The van der Waals surface area contributed by atoms with Gasteiger partial charge in [0.1, 0.15) is 0 Å². The molecule has 0 aliphatic rings. The molecule has 0 saturated carbocycles. The molecule has 0 aromatic heterocycles. The summed E-state index contributed by atoms with van der Waals surface area (Å²) in [5.41, 5.74) is 1.63. The molecule has 126 valence electrons. The first-order valence-corrected chi connectivity index (χ1v) is 7.91. The summed E-state index contributed by atoms with van der Waals surface area (Å²) in [6.07, 6.45) is 3.14. The Bertz CT molecular complexity index is 760. The normalized spacial score (nSPS) is 10.7. The molecule has 0 atom stereocenters. The highest BCUT2D eigenvalue weighted by Crippen LogP contribution is 2.28. The van der Waals surface area contributed by atoms with Crippen LogP contribution in [-0.2, 0) is 11.3 Å². The van der Waals surface area contributed by atoms with Crippen LogP contribution in [0.2, 0.25) is 10.0 Å². The molecule has 0 saturated heterocycles. The molecule has 4 nitrogen and oxygen atoms in total. The molecule has 6 heteroatoms. The molecule has 0 aliphatic carbocycles. The van der Waals surface area contributed by atoms with Crippen molar-refractivity contribution in [2.45, 2.75) is 6.54 Å². The van der Waals surface area contributed by atoms with Crippen LogP contribution in [0.5, 0.6) is 11.5 Å². The molecule has 0 unspecified atom stereocenters. The minimum Gasteiger partial charge on any atom is -0.493 e. The Hall–Kier alpha value is -2.17. The fraction of sp³-hybridized carbons (Fsp3) is 0.167. The number of methoxy groups -OCH3 is 2. The summed E-state index contributed by atoms with van der Waals surface area (Å²) in [5, 5.41) is 3.85. The Kier molecular flexibility index (Phi) is 6.53. The zero-order valence-electron chi connectivity index (χ0n) is 13.3. The Morgan fingerprint density at radius 3 is 2.50 bits per heavy atom. The van der Waals surface area contributed by atoms with Gasteiger partial charge in [-0.3, -0.25) is 4.79 Å². The maximum absolute atomic E-state index is 11.9. The molecule has 2 rings (SSSR count). The van der Waals surface area contributed by atoms with Crippen LogP contribution in [0.4, 0.5) is 0 Å². The van der Waals surface area contributed by atoms with E-state index in [0.717, 1.165) is 11.1 Å². The van der Waals surface area contributed by atoms with E-state index < -0.39 is 0 Å². The number of benzene rings is 2. The SMILES string of the molecule is COc1ccc(/C=C/C(=O)NCc2ccc(Cl)cc2Cl)cc1OC. The number of halogens is 2. The van der Waals surface area contributed by atoms with Gasteiger partial charge in [0.15, 0.2) is 11.5 Å². The van der Waals surface area contributed by atoms with Crippen molar-refractivity contribution in [2.24, 2.45) is 0 Å². The Labute approximate surface area is 151 Å². The van der Waals surface area contributed by atoms with E-state index >= 15 is 0 Å². The van der Waals surface area contributed by atoms with E-state index in [0.29, 0.717) is 28.1 Å². The molecule has 0 aliphatic heterocycles. The van der Waals surface area contributed by atoms with Crippen LogP contribution >= 0.6 is 23.2 Å². The van der Waals surface area contributed by atoms with Gasteiger partial charge in [0, 0.05) is 22.7 Å². The summed E-state index contributed by atoms with van der Waals surface area (Å²) < 4.78 is 10.4. The first kappa shape index (κ1) is 18.2. The minimum atomic E-state index is -0.226. The number of hydrogen-bond donors (Lipinski definition) is 1. The number of hydrogen-bond acceptors (Lipinski definition) is 3. The molecule has 2 aromatic rings. The maximum atomic E-state index is 11.9. The smallest absolute Gasteiger partial charge is 0.244 e. The molecule has 0 bridgehead atoms. The lowest BCUT2D eigenvalue weighted by molar-refractivity contribution is -0.116. The molecule has 0 spiro atoms. The van der Waals surface area contributed by atoms with Crippen LogP contribution in [-0.4, -0.2) is 20.1 Å². The van der Waals surface area contributed by atoms with Crippen molar-refractivity contribution in [3.8, 4) is 11.5 Å². The second kappa shape index (κ2) is 8.62. The first-order valence-electron chi connectivity index (χ1n) is 7.15. The summed E-state index contributed by atoms with van der Waals surface area (Å²) in [7, 11) is 3.14. The van der Waals surface area contributed by atoms with Gasteiger partial charge in [0.25, 0.3) is 0 Å². The van der Waals surface area contributed by atoms with Crippen molar-refractivity contribution in [3.63, 3.8) is 0 Å². The van der Waals surface area contributed by atoms with Gasteiger partial charge in [0.2, 0.25) is 5.91 Å².